The Bertz CT molecular complexity index is 849. The van der Waals surface area contributed by atoms with E-state index in [0.717, 1.165) is 5.56 Å². The molecule has 0 saturated heterocycles. The summed E-state index contributed by atoms with van der Waals surface area (Å²) in [7, 11) is -3.36. The van der Waals surface area contributed by atoms with E-state index in [1.807, 2.05) is 0 Å². The van der Waals surface area contributed by atoms with E-state index in [9.17, 15) is 17.6 Å². The van der Waals surface area contributed by atoms with Crippen molar-refractivity contribution in [3.63, 3.8) is 0 Å². The quantitative estimate of drug-likeness (QED) is 0.741. The molecule has 0 aliphatic carbocycles. The molecule has 2 aromatic carbocycles. The summed E-state index contributed by atoms with van der Waals surface area (Å²) < 4.78 is 39.5. The number of nitrogens with one attached hydrogen (secondary N) is 2. The maximum absolute atomic E-state index is 13.1. The van der Waals surface area contributed by atoms with Crippen molar-refractivity contribution in [1.29, 1.82) is 0 Å². The summed E-state index contributed by atoms with van der Waals surface area (Å²) >= 11 is 0. The number of sulfonamides is 1. The van der Waals surface area contributed by atoms with Gasteiger partial charge in [0.1, 0.15) is 5.82 Å². The Morgan fingerprint density at radius 3 is 2.31 bits per heavy atom. The number of rotatable bonds is 8. The number of amides is 1. The minimum atomic E-state index is -3.36. The molecule has 0 aliphatic heterocycles. The van der Waals surface area contributed by atoms with Gasteiger partial charge in [-0.25, -0.2) is 17.5 Å². The van der Waals surface area contributed by atoms with Crippen LogP contribution < -0.4 is 10.0 Å². The van der Waals surface area contributed by atoms with Crippen LogP contribution in [0, 0.1) is 5.82 Å². The number of benzene rings is 2. The van der Waals surface area contributed by atoms with Gasteiger partial charge in [-0.3, -0.25) is 4.79 Å². The lowest BCUT2D eigenvalue weighted by Crippen LogP contribution is -2.31. The molecule has 0 spiro atoms. The molecule has 26 heavy (non-hydrogen) atoms. The number of hydrogen-bond donors (Lipinski definition) is 2. The fraction of sp³-hybridized carbons (Fsp3) is 0.316. The third kappa shape index (κ3) is 6.93. The topological polar surface area (TPSA) is 75.3 Å². The summed E-state index contributed by atoms with van der Waals surface area (Å²) in [6, 6.07) is 12.8. The Balaban J connectivity index is 1.86. The van der Waals surface area contributed by atoms with E-state index < -0.39 is 10.0 Å². The molecule has 2 rings (SSSR count). The third-order valence-corrected chi connectivity index (χ3v) is 5.08. The highest BCUT2D eigenvalue weighted by molar-refractivity contribution is 7.88. The molecule has 2 aromatic rings. The van der Waals surface area contributed by atoms with Crippen LogP contribution in [0.15, 0.2) is 48.5 Å². The van der Waals surface area contributed by atoms with Gasteiger partial charge in [0.05, 0.1) is 12.2 Å². The third-order valence-electron chi connectivity index (χ3n) is 3.54. The largest absolute Gasteiger partial charge is 0.352 e. The minimum absolute atomic E-state index is 0.0859. The Kier molecular flexibility index (Phi) is 6.88. The number of hydrogen-bond acceptors (Lipinski definition) is 3. The SMILES string of the molecule is CC(C)NS(=O)(=O)Cc1ccc(CNC(=O)Cc2cccc(F)c2)cc1. The average Bonchev–Trinajstić information content (AvgIpc) is 2.52. The standard InChI is InChI=1S/C19H23FN2O3S/c1-14(2)22-26(24,25)13-16-8-6-15(7-9-16)12-21-19(23)11-17-4-3-5-18(20)10-17/h3-10,14,22H,11-13H2,1-2H3,(H,21,23). The van der Waals surface area contributed by atoms with Crippen molar-refractivity contribution in [2.75, 3.05) is 0 Å². The first-order valence-corrected chi connectivity index (χ1v) is 9.98. The molecule has 0 aromatic heterocycles. The molecule has 0 aliphatic rings. The molecule has 0 saturated carbocycles. The van der Waals surface area contributed by atoms with Crippen LogP contribution in [-0.2, 0) is 33.5 Å². The van der Waals surface area contributed by atoms with Crippen molar-refractivity contribution in [3.8, 4) is 0 Å². The highest BCUT2D eigenvalue weighted by atomic mass is 32.2. The molecule has 2 N–H and O–H groups in total. The summed E-state index contributed by atoms with van der Waals surface area (Å²) in [4.78, 5) is 11.9. The second-order valence-electron chi connectivity index (χ2n) is 6.43. The molecule has 0 heterocycles. The monoisotopic (exact) mass is 378 g/mol. The first-order chi connectivity index (χ1) is 12.2. The average molecular weight is 378 g/mol. The summed E-state index contributed by atoms with van der Waals surface area (Å²) in [5.41, 5.74) is 2.14. The predicted molar refractivity (Wildman–Crippen MR) is 99.3 cm³/mol. The van der Waals surface area contributed by atoms with Crippen molar-refractivity contribution in [1.82, 2.24) is 10.0 Å². The van der Waals surface area contributed by atoms with Gasteiger partial charge in [0.2, 0.25) is 15.9 Å². The molecule has 0 fully saturated rings. The Morgan fingerprint density at radius 2 is 1.69 bits per heavy atom. The fourth-order valence-corrected chi connectivity index (χ4v) is 3.90. The van der Waals surface area contributed by atoms with E-state index in [2.05, 4.69) is 10.0 Å². The van der Waals surface area contributed by atoms with Crippen LogP contribution in [0.1, 0.15) is 30.5 Å². The van der Waals surface area contributed by atoms with E-state index in [0.29, 0.717) is 17.7 Å². The molecule has 0 bridgehead atoms. The Morgan fingerprint density at radius 1 is 1.04 bits per heavy atom. The smallest absolute Gasteiger partial charge is 0.224 e. The van der Waals surface area contributed by atoms with Gasteiger partial charge < -0.3 is 5.32 Å². The minimum Gasteiger partial charge on any atom is -0.352 e. The van der Waals surface area contributed by atoms with Crippen molar-refractivity contribution in [2.24, 2.45) is 0 Å². The van der Waals surface area contributed by atoms with Crippen molar-refractivity contribution >= 4 is 15.9 Å². The zero-order valence-electron chi connectivity index (χ0n) is 14.8. The zero-order chi connectivity index (χ0) is 19.2. The molecule has 140 valence electrons. The van der Waals surface area contributed by atoms with Gasteiger partial charge in [0.15, 0.2) is 0 Å². The van der Waals surface area contributed by atoms with Gasteiger partial charge >= 0.3 is 0 Å². The summed E-state index contributed by atoms with van der Waals surface area (Å²) in [5.74, 6) is -0.659. The predicted octanol–water partition coefficient (Wildman–Crippen LogP) is 2.51. The van der Waals surface area contributed by atoms with Crippen molar-refractivity contribution < 1.29 is 17.6 Å². The molecule has 0 radical (unpaired) electrons. The van der Waals surface area contributed by atoms with Gasteiger partial charge in [-0.15, -0.1) is 0 Å². The van der Waals surface area contributed by atoms with Crippen molar-refractivity contribution in [2.45, 2.75) is 38.6 Å². The van der Waals surface area contributed by atoms with Crippen LogP contribution in [0.4, 0.5) is 4.39 Å². The van der Waals surface area contributed by atoms with E-state index in [1.54, 1.807) is 50.2 Å². The van der Waals surface area contributed by atoms with Crippen molar-refractivity contribution in [3.05, 3.63) is 71.0 Å². The van der Waals surface area contributed by atoms with Crippen LogP contribution in [0.2, 0.25) is 0 Å². The van der Waals surface area contributed by atoms with Crippen LogP contribution in [0.3, 0.4) is 0 Å². The van der Waals surface area contributed by atoms with E-state index in [-0.39, 0.29) is 29.9 Å². The highest BCUT2D eigenvalue weighted by Crippen LogP contribution is 2.09. The normalized spacial score (nSPS) is 11.5. The zero-order valence-corrected chi connectivity index (χ0v) is 15.6. The van der Waals surface area contributed by atoms with E-state index in [4.69, 9.17) is 0 Å². The maximum Gasteiger partial charge on any atom is 0.224 e. The first kappa shape index (κ1) is 20.1. The Labute approximate surface area is 153 Å². The van der Waals surface area contributed by atoms with Gasteiger partial charge in [-0.1, -0.05) is 36.4 Å². The van der Waals surface area contributed by atoms with Crippen LogP contribution in [0.5, 0.6) is 0 Å². The molecule has 0 atom stereocenters. The summed E-state index contributed by atoms with van der Waals surface area (Å²) in [6.45, 7) is 3.87. The molecule has 5 nitrogen and oxygen atoms in total. The highest BCUT2D eigenvalue weighted by Gasteiger charge is 2.12. The second-order valence-corrected chi connectivity index (χ2v) is 8.19. The van der Waals surface area contributed by atoms with Crippen LogP contribution >= 0.6 is 0 Å². The summed E-state index contributed by atoms with van der Waals surface area (Å²) in [5, 5.41) is 2.77. The second kappa shape index (κ2) is 8.91. The lowest BCUT2D eigenvalue weighted by Gasteiger charge is -2.10. The summed E-state index contributed by atoms with van der Waals surface area (Å²) in [6.07, 6.45) is 0.106. The van der Waals surface area contributed by atoms with Crippen LogP contribution in [-0.4, -0.2) is 20.4 Å². The van der Waals surface area contributed by atoms with E-state index >= 15 is 0 Å². The van der Waals surface area contributed by atoms with Gasteiger partial charge in [0, 0.05) is 12.6 Å². The molecule has 1 amide bonds. The van der Waals surface area contributed by atoms with E-state index in [1.165, 1.54) is 12.1 Å². The Hall–Kier alpha value is -2.25. The van der Waals surface area contributed by atoms with Crippen LogP contribution in [0.25, 0.3) is 0 Å². The lowest BCUT2D eigenvalue weighted by atomic mass is 10.1. The fourth-order valence-electron chi connectivity index (χ4n) is 2.47. The lowest BCUT2D eigenvalue weighted by molar-refractivity contribution is -0.120. The van der Waals surface area contributed by atoms with Gasteiger partial charge in [-0.05, 0) is 42.7 Å². The van der Waals surface area contributed by atoms with Gasteiger partial charge in [0.25, 0.3) is 0 Å². The first-order valence-electron chi connectivity index (χ1n) is 8.32. The number of halogens is 1. The number of carbonyl (C=O) groups is 1. The maximum atomic E-state index is 13.1. The number of carbonyl (C=O) groups excluding carboxylic acids is 1. The molecular formula is C19H23FN2O3S. The molecular weight excluding hydrogens is 355 g/mol. The molecule has 7 heteroatoms. The molecule has 0 unspecified atom stereocenters. The van der Waals surface area contributed by atoms with Gasteiger partial charge in [-0.2, -0.15) is 0 Å².